The van der Waals surface area contributed by atoms with Gasteiger partial charge in [0, 0.05) is 6.54 Å². The second kappa shape index (κ2) is 6.47. The topological polar surface area (TPSA) is 3.24 Å². The Morgan fingerprint density at radius 1 is 1.17 bits per heavy atom. The van der Waals surface area contributed by atoms with Crippen molar-refractivity contribution in [2.24, 2.45) is 11.8 Å². The van der Waals surface area contributed by atoms with E-state index in [9.17, 15) is 0 Å². The van der Waals surface area contributed by atoms with Crippen LogP contribution in [-0.2, 0) is 0 Å². The Kier molecular flexibility index (Phi) is 6.45. The first-order valence-corrected chi connectivity index (χ1v) is 5.26. The maximum atomic E-state index is 2.38. The standard InChI is InChI=1S/C11H25N/c1-6-8-11(7-2)10(3)9-12(4)5/h10-11H,6-9H2,1-5H3. The first-order valence-electron chi connectivity index (χ1n) is 5.26. The highest BCUT2D eigenvalue weighted by molar-refractivity contribution is 4.66. The molecule has 0 spiro atoms. The van der Waals surface area contributed by atoms with E-state index < -0.39 is 0 Å². The Hall–Kier alpha value is -0.0400. The SMILES string of the molecule is CCCC(CC)C(C)CN(C)C. The van der Waals surface area contributed by atoms with E-state index in [0.717, 1.165) is 11.8 Å². The lowest BCUT2D eigenvalue weighted by Gasteiger charge is -2.25. The highest BCUT2D eigenvalue weighted by atomic mass is 15.1. The van der Waals surface area contributed by atoms with Crippen LogP contribution in [0, 0.1) is 11.8 Å². The van der Waals surface area contributed by atoms with Crippen molar-refractivity contribution in [3.05, 3.63) is 0 Å². The maximum absolute atomic E-state index is 2.38. The van der Waals surface area contributed by atoms with E-state index in [2.05, 4.69) is 39.8 Å². The molecule has 74 valence electrons. The molecule has 0 saturated heterocycles. The predicted molar refractivity (Wildman–Crippen MR) is 56.4 cm³/mol. The fourth-order valence-electron chi connectivity index (χ4n) is 1.99. The first kappa shape index (κ1) is 12.0. The second-order valence-corrected chi connectivity index (χ2v) is 4.20. The van der Waals surface area contributed by atoms with Crippen LogP contribution in [0.2, 0.25) is 0 Å². The van der Waals surface area contributed by atoms with Crippen LogP contribution < -0.4 is 0 Å². The Morgan fingerprint density at radius 2 is 1.75 bits per heavy atom. The van der Waals surface area contributed by atoms with Gasteiger partial charge in [-0.1, -0.05) is 40.0 Å². The summed E-state index contributed by atoms with van der Waals surface area (Å²) in [4.78, 5) is 2.29. The molecule has 0 N–H and O–H groups in total. The van der Waals surface area contributed by atoms with Gasteiger partial charge in [0.2, 0.25) is 0 Å². The molecule has 0 aromatic heterocycles. The highest BCUT2D eigenvalue weighted by Crippen LogP contribution is 2.21. The van der Waals surface area contributed by atoms with Gasteiger partial charge >= 0.3 is 0 Å². The molecule has 1 heteroatoms. The van der Waals surface area contributed by atoms with Gasteiger partial charge in [0.05, 0.1) is 0 Å². The Bertz CT molecular complexity index is 99.2. The largest absolute Gasteiger partial charge is 0.309 e. The summed E-state index contributed by atoms with van der Waals surface area (Å²) in [6.07, 6.45) is 4.06. The monoisotopic (exact) mass is 171 g/mol. The molecule has 2 atom stereocenters. The predicted octanol–water partition coefficient (Wildman–Crippen LogP) is 3.01. The summed E-state index contributed by atoms with van der Waals surface area (Å²) in [5, 5.41) is 0. The van der Waals surface area contributed by atoms with Crippen molar-refractivity contribution < 1.29 is 0 Å². The smallest absolute Gasteiger partial charge is 0.000356 e. The molecule has 2 unspecified atom stereocenters. The van der Waals surface area contributed by atoms with Crippen molar-refractivity contribution in [2.45, 2.75) is 40.0 Å². The average molecular weight is 171 g/mol. The lowest BCUT2D eigenvalue weighted by molar-refractivity contribution is 0.245. The van der Waals surface area contributed by atoms with Crippen LogP contribution in [0.15, 0.2) is 0 Å². The lowest BCUT2D eigenvalue weighted by Crippen LogP contribution is -2.25. The third-order valence-corrected chi connectivity index (χ3v) is 2.64. The first-order chi connectivity index (χ1) is 5.61. The summed E-state index contributed by atoms with van der Waals surface area (Å²) in [6, 6.07) is 0. The van der Waals surface area contributed by atoms with E-state index in [-0.39, 0.29) is 0 Å². The van der Waals surface area contributed by atoms with E-state index in [1.54, 1.807) is 0 Å². The van der Waals surface area contributed by atoms with Gasteiger partial charge in [-0.2, -0.15) is 0 Å². The van der Waals surface area contributed by atoms with Crippen molar-refractivity contribution in [1.29, 1.82) is 0 Å². The molecule has 0 aromatic rings. The summed E-state index contributed by atoms with van der Waals surface area (Å²) < 4.78 is 0. The number of hydrogen-bond acceptors (Lipinski definition) is 1. The van der Waals surface area contributed by atoms with Gasteiger partial charge in [0.1, 0.15) is 0 Å². The summed E-state index contributed by atoms with van der Waals surface area (Å²) in [5.41, 5.74) is 0. The normalized spacial score (nSPS) is 16.5. The van der Waals surface area contributed by atoms with Gasteiger partial charge in [-0.15, -0.1) is 0 Å². The van der Waals surface area contributed by atoms with Gasteiger partial charge in [-0.25, -0.2) is 0 Å². The molecular formula is C11H25N. The zero-order valence-electron chi connectivity index (χ0n) is 9.43. The molecule has 0 rings (SSSR count). The molecular weight excluding hydrogens is 146 g/mol. The Labute approximate surface area is 78.1 Å². The zero-order valence-corrected chi connectivity index (χ0v) is 9.43. The van der Waals surface area contributed by atoms with Gasteiger partial charge in [-0.05, 0) is 25.9 Å². The van der Waals surface area contributed by atoms with Crippen molar-refractivity contribution in [3.63, 3.8) is 0 Å². The van der Waals surface area contributed by atoms with E-state index in [0.29, 0.717) is 0 Å². The van der Waals surface area contributed by atoms with Crippen LogP contribution in [0.25, 0.3) is 0 Å². The Balaban J connectivity index is 3.76. The maximum Gasteiger partial charge on any atom is 0.000356 e. The van der Waals surface area contributed by atoms with E-state index in [1.807, 2.05) is 0 Å². The molecule has 0 amide bonds. The van der Waals surface area contributed by atoms with Crippen LogP contribution >= 0.6 is 0 Å². The van der Waals surface area contributed by atoms with Crippen LogP contribution in [0.5, 0.6) is 0 Å². The number of nitrogens with zero attached hydrogens (tertiary/aromatic N) is 1. The van der Waals surface area contributed by atoms with E-state index >= 15 is 0 Å². The zero-order chi connectivity index (χ0) is 9.56. The van der Waals surface area contributed by atoms with Crippen molar-refractivity contribution in [2.75, 3.05) is 20.6 Å². The van der Waals surface area contributed by atoms with Crippen LogP contribution in [0.1, 0.15) is 40.0 Å². The molecule has 0 bridgehead atoms. The summed E-state index contributed by atoms with van der Waals surface area (Å²) in [7, 11) is 4.32. The molecule has 0 aliphatic heterocycles. The summed E-state index contributed by atoms with van der Waals surface area (Å²) in [5.74, 6) is 1.78. The minimum absolute atomic E-state index is 0.852. The molecule has 0 radical (unpaired) electrons. The fraction of sp³-hybridized carbons (Fsp3) is 1.00. The number of hydrogen-bond donors (Lipinski definition) is 0. The van der Waals surface area contributed by atoms with Gasteiger partial charge in [0.25, 0.3) is 0 Å². The summed E-state index contributed by atoms with van der Waals surface area (Å²) >= 11 is 0. The van der Waals surface area contributed by atoms with E-state index in [4.69, 9.17) is 0 Å². The van der Waals surface area contributed by atoms with Crippen molar-refractivity contribution >= 4 is 0 Å². The Morgan fingerprint density at radius 3 is 2.08 bits per heavy atom. The van der Waals surface area contributed by atoms with Crippen molar-refractivity contribution in [3.8, 4) is 0 Å². The average Bonchev–Trinajstić information content (AvgIpc) is 1.98. The van der Waals surface area contributed by atoms with Crippen molar-refractivity contribution in [1.82, 2.24) is 4.90 Å². The number of rotatable bonds is 6. The quantitative estimate of drug-likeness (QED) is 0.594. The summed E-state index contributed by atoms with van der Waals surface area (Å²) in [6.45, 7) is 8.21. The minimum Gasteiger partial charge on any atom is -0.309 e. The molecule has 0 aliphatic carbocycles. The molecule has 12 heavy (non-hydrogen) atoms. The second-order valence-electron chi connectivity index (χ2n) is 4.20. The third-order valence-electron chi connectivity index (χ3n) is 2.64. The molecule has 0 aliphatic rings. The molecule has 0 aromatic carbocycles. The minimum atomic E-state index is 0.852. The van der Waals surface area contributed by atoms with Crippen LogP contribution in [-0.4, -0.2) is 25.5 Å². The van der Waals surface area contributed by atoms with Gasteiger partial charge in [0.15, 0.2) is 0 Å². The van der Waals surface area contributed by atoms with Crippen LogP contribution in [0.4, 0.5) is 0 Å². The molecule has 0 saturated carbocycles. The van der Waals surface area contributed by atoms with Gasteiger partial charge < -0.3 is 4.90 Å². The fourth-order valence-corrected chi connectivity index (χ4v) is 1.99. The molecule has 1 nitrogen and oxygen atoms in total. The highest BCUT2D eigenvalue weighted by Gasteiger charge is 2.14. The van der Waals surface area contributed by atoms with Gasteiger partial charge in [-0.3, -0.25) is 0 Å². The van der Waals surface area contributed by atoms with E-state index in [1.165, 1.54) is 25.8 Å². The molecule has 0 heterocycles. The lowest BCUT2D eigenvalue weighted by atomic mass is 9.87. The molecule has 0 fully saturated rings. The third kappa shape index (κ3) is 4.76. The van der Waals surface area contributed by atoms with Crippen LogP contribution in [0.3, 0.4) is 0 Å².